The topological polar surface area (TPSA) is 92.8 Å². The molecule has 1 aromatic rings. The summed E-state index contributed by atoms with van der Waals surface area (Å²) in [5.41, 5.74) is 2.01. The van der Waals surface area contributed by atoms with Gasteiger partial charge in [0, 0.05) is 12.1 Å². The van der Waals surface area contributed by atoms with Crippen LogP contribution < -0.4 is 5.32 Å². The van der Waals surface area contributed by atoms with Crippen LogP contribution in [0, 0.1) is 0 Å². The summed E-state index contributed by atoms with van der Waals surface area (Å²) in [7, 11) is 0. The first-order valence-electron chi connectivity index (χ1n) is 9.18. The molecular formula is C20H24N2O5. The molecule has 7 heteroatoms. The molecule has 0 saturated carbocycles. The van der Waals surface area contributed by atoms with Crippen LogP contribution in [0.5, 0.6) is 0 Å². The maximum absolute atomic E-state index is 12.5. The fourth-order valence-corrected chi connectivity index (χ4v) is 3.49. The van der Waals surface area contributed by atoms with Crippen LogP contribution in [0.1, 0.15) is 55.1 Å². The van der Waals surface area contributed by atoms with Gasteiger partial charge in [0.1, 0.15) is 5.54 Å². The van der Waals surface area contributed by atoms with Gasteiger partial charge in [-0.1, -0.05) is 12.1 Å². The Bertz CT molecular complexity index is 815. The summed E-state index contributed by atoms with van der Waals surface area (Å²) in [5, 5.41) is 2.55. The van der Waals surface area contributed by atoms with Crippen LogP contribution in [0.2, 0.25) is 0 Å². The Balaban J connectivity index is 1.54. The molecule has 1 heterocycles. The number of ether oxygens (including phenoxy) is 1. The number of urea groups is 1. The van der Waals surface area contributed by atoms with E-state index in [-0.39, 0.29) is 24.7 Å². The van der Waals surface area contributed by atoms with Gasteiger partial charge in [-0.25, -0.2) is 4.79 Å². The van der Waals surface area contributed by atoms with Gasteiger partial charge in [0.2, 0.25) is 5.78 Å². The van der Waals surface area contributed by atoms with Crippen molar-refractivity contribution in [2.45, 2.75) is 58.1 Å². The molecule has 1 atom stereocenters. The van der Waals surface area contributed by atoms with E-state index in [0.717, 1.165) is 24.2 Å². The molecule has 2 aliphatic rings. The van der Waals surface area contributed by atoms with Gasteiger partial charge < -0.3 is 10.1 Å². The van der Waals surface area contributed by atoms with Crippen molar-refractivity contribution in [2.75, 3.05) is 6.54 Å². The highest BCUT2D eigenvalue weighted by Crippen LogP contribution is 2.23. The molecule has 1 fully saturated rings. The van der Waals surface area contributed by atoms with Gasteiger partial charge in [-0.2, -0.15) is 0 Å². The maximum atomic E-state index is 12.5. The number of benzene rings is 1. The number of ketones is 1. The summed E-state index contributed by atoms with van der Waals surface area (Å²) >= 11 is 0. The van der Waals surface area contributed by atoms with Gasteiger partial charge in [-0.15, -0.1) is 0 Å². The molecule has 1 unspecified atom stereocenters. The van der Waals surface area contributed by atoms with Crippen molar-refractivity contribution in [1.82, 2.24) is 10.2 Å². The third kappa shape index (κ3) is 3.86. The number of carbonyl (C=O) groups is 4. The summed E-state index contributed by atoms with van der Waals surface area (Å²) < 4.78 is 5.21. The molecule has 0 bridgehead atoms. The van der Waals surface area contributed by atoms with E-state index in [4.69, 9.17) is 4.74 Å². The lowest BCUT2D eigenvalue weighted by Crippen LogP contribution is -2.40. The number of esters is 1. The molecule has 3 amide bonds. The minimum absolute atomic E-state index is 0.0767. The molecule has 0 spiro atoms. The normalized spacial score (nSPS) is 18.9. The highest BCUT2D eigenvalue weighted by Gasteiger charge is 2.44. The van der Waals surface area contributed by atoms with Crippen molar-refractivity contribution in [3.8, 4) is 0 Å². The van der Waals surface area contributed by atoms with Gasteiger partial charge in [0.25, 0.3) is 5.91 Å². The summed E-state index contributed by atoms with van der Waals surface area (Å²) in [6, 6.07) is 5.08. The summed E-state index contributed by atoms with van der Waals surface area (Å²) in [6.07, 6.45) is 2.02. The second-order valence-corrected chi connectivity index (χ2v) is 7.60. The lowest BCUT2D eigenvalue weighted by molar-refractivity contribution is -0.146. The Morgan fingerprint density at radius 1 is 1.22 bits per heavy atom. The standard InChI is InChI=1S/C20H24N2O5/c1-12(17(24)15-8-7-13-5-4-6-14(13)11-15)27-16(23)9-10-22-18(25)20(2,3)21-19(22)26/h7-8,11-12H,4-6,9-10H2,1-3H3,(H,21,26). The van der Waals surface area contributed by atoms with E-state index in [1.807, 2.05) is 12.1 Å². The quantitative estimate of drug-likeness (QED) is 0.468. The number of hydrogen-bond donors (Lipinski definition) is 1. The number of fused-ring (bicyclic) bond motifs is 1. The van der Waals surface area contributed by atoms with Gasteiger partial charge in [-0.05, 0) is 57.2 Å². The minimum atomic E-state index is -0.974. The van der Waals surface area contributed by atoms with Crippen molar-refractivity contribution >= 4 is 23.7 Å². The zero-order chi connectivity index (χ0) is 19.8. The molecule has 1 N–H and O–H groups in total. The van der Waals surface area contributed by atoms with Crippen molar-refractivity contribution in [1.29, 1.82) is 0 Å². The van der Waals surface area contributed by atoms with Crippen molar-refractivity contribution in [3.63, 3.8) is 0 Å². The van der Waals surface area contributed by atoms with Crippen molar-refractivity contribution < 1.29 is 23.9 Å². The first-order valence-corrected chi connectivity index (χ1v) is 9.18. The number of rotatable bonds is 6. The Morgan fingerprint density at radius 2 is 1.93 bits per heavy atom. The van der Waals surface area contributed by atoms with Gasteiger partial charge >= 0.3 is 12.0 Å². The van der Waals surface area contributed by atoms with Crippen LogP contribution in [0.25, 0.3) is 0 Å². The summed E-state index contributed by atoms with van der Waals surface area (Å²) in [5.74, 6) is -1.26. The predicted octanol–water partition coefficient (Wildman–Crippen LogP) is 2.01. The van der Waals surface area contributed by atoms with E-state index in [1.54, 1.807) is 19.9 Å². The zero-order valence-corrected chi connectivity index (χ0v) is 15.8. The van der Waals surface area contributed by atoms with E-state index < -0.39 is 23.6 Å². The van der Waals surface area contributed by atoms with Gasteiger partial charge in [-0.3, -0.25) is 19.3 Å². The number of amides is 3. The van der Waals surface area contributed by atoms with Crippen LogP contribution >= 0.6 is 0 Å². The molecule has 27 heavy (non-hydrogen) atoms. The van der Waals surface area contributed by atoms with Crippen LogP contribution in [0.4, 0.5) is 4.79 Å². The molecule has 7 nitrogen and oxygen atoms in total. The third-order valence-corrected chi connectivity index (χ3v) is 5.04. The Kier molecular flexibility index (Phi) is 5.04. The molecule has 144 valence electrons. The van der Waals surface area contributed by atoms with E-state index in [9.17, 15) is 19.2 Å². The average molecular weight is 372 g/mol. The van der Waals surface area contributed by atoms with Crippen molar-refractivity contribution in [3.05, 3.63) is 34.9 Å². The van der Waals surface area contributed by atoms with E-state index in [0.29, 0.717) is 5.56 Å². The molecular weight excluding hydrogens is 348 g/mol. The number of imide groups is 1. The van der Waals surface area contributed by atoms with Gasteiger partial charge in [0.15, 0.2) is 6.10 Å². The van der Waals surface area contributed by atoms with Gasteiger partial charge in [0.05, 0.1) is 6.42 Å². The average Bonchev–Trinajstić information content (AvgIpc) is 3.14. The fourth-order valence-electron chi connectivity index (χ4n) is 3.49. The maximum Gasteiger partial charge on any atom is 0.325 e. The highest BCUT2D eigenvalue weighted by atomic mass is 16.5. The highest BCUT2D eigenvalue weighted by molar-refractivity contribution is 6.06. The summed E-state index contributed by atoms with van der Waals surface area (Å²) in [6.45, 7) is 4.66. The first kappa shape index (κ1) is 19.1. The van der Waals surface area contributed by atoms with Crippen molar-refractivity contribution in [2.24, 2.45) is 0 Å². The monoisotopic (exact) mass is 372 g/mol. The minimum Gasteiger partial charge on any atom is -0.454 e. The van der Waals surface area contributed by atoms with E-state index in [1.165, 1.54) is 18.1 Å². The van der Waals surface area contributed by atoms with Crippen LogP contribution in [0.15, 0.2) is 18.2 Å². The molecule has 0 radical (unpaired) electrons. The Hall–Kier alpha value is -2.70. The molecule has 1 aromatic carbocycles. The zero-order valence-electron chi connectivity index (χ0n) is 15.8. The SMILES string of the molecule is CC(OC(=O)CCN1C(=O)NC(C)(C)C1=O)C(=O)c1ccc2c(c1)CCC2. The number of Topliss-reactive ketones (excluding diaryl/α,β-unsaturated/α-hetero) is 1. The third-order valence-electron chi connectivity index (χ3n) is 5.04. The number of aryl methyl sites for hydroxylation is 2. The lowest BCUT2D eigenvalue weighted by atomic mass is 10.0. The fraction of sp³-hybridized carbons (Fsp3) is 0.500. The van der Waals surface area contributed by atoms with E-state index >= 15 is 0 Å². The Labute approximate surface area is 158 Å². The Morgan fingerprint density at radius 3 is 2.59 bits per heavy atom. The van der Waals surface area contributed by atoms with Crippen LogP contribution in [-0.2, 0) is 27.2 Å². The number of nitrogens with zero attached hydrogens (tertiary/aromatic N) is 1. The first-order chi connectivity index (χ1) is 12.7. The van der Waals surface area contributed by atoms with Crippen LogP contribution in [0.3, 0.4) is 0 Å². The molecule has 3 rings (SSSR count). The summed E-state index contributed by atoms with van der Waals surface area (Å²) in [4.78, 5) is 49.5. The second-order valence-electron chi connectivity index (χ2n) is 7.60. The molecule has 1 aliphatic carbocycles. The number of carbonyl (C=O) groups excluding carboxylic acids is 4. The lowest BCUT2D eigenvalue weighted by Gasteiger charge is -2.17. The number of hydrogen-bond acceptors (Lipinski definition) is 5. The molecule has 1 aliphatic heterocycles. The number of nitrogens with one attached hydrogen (secondary N) is 1. The predicted molar refractivity (Wildman–Crippen MR) is 97.3 cm³/mol. The smallest absolute Gasteiger partial charge is 0.325 e. The van der Waals surface area contributed by atoms with Crippen LogP contribution in [-0.4, -0.2) is 46.8 Å². The molecule has 0 aromatic heterocycles. The largest absolute Gasteiger partial charge is 0.454 e. The molecule has 1 saturated heterocycles. The second kappa shape index (κ2) is 7.13. The van der Waals surface area contributed by atoms with E-state index in [2.05, 4.69) is 5.32 Å².